The molecule has 4 N–H and O–H groups in total. The van der Waals surface area contributed by atoms with Gasteiger partial charge in [-0.2, -0.15) is 0 Å². The molecule has 1 aromatic rings. The van der Waals surface area contributed by atoms with Crippen LogP contribution >= 0.6 is 15.9 Å². The van der Waals surface area contributed by atoms with Gasteiger partial charge in [-0.1, -0.05) is 0 Å². The monoisotopic (exact) mass is 321 g/mol. The third kappa shape index (κ3) is 3.69. The maximum absolute atomic E-state index is 11.8. The number of nitrogen functional groups attached to an aromatic ring is 1. The summed E-state index contributed by atoms with van der Waals surface area (Å²) >= 11 is 3.17. The molecule has 17 heavy (non-hydrogen) atoms. The van der Waals surface area contributed by atoms with E-state index in [4.69, 9.17) is 5.73 Å². The van der Waals surface area contributed by atoms with Crippen LogP contribution in [0.4, 0.5) is 5.69 Å². The summed E-state index contributed by atoms with van der Waals surface area (Å²) in [5, 5.41) is 2.31. The summed E-state index contributed by atoms with van der Waals surface area (Å²) < 4.78 is 26.3. The minimum absolute atomic E-state index is 0.0158. The zero-order valence-electron chi connectivity index (χ0n) is 9.03. The van der Waals surface area contributed by atoms with Gasteiger partial charge in [-0.15, -0.1) is 0 Å². The molecule has 1 aromatic carbocycles. The van der Waals surface area contributed by atoms with E-state index in [0.717, 1.165) is 0 Å². The summed E-state index contributed by atoms with van der Waals surface area (Å²) in [5.41, 5.74) is 5.89. The van der Waals surface area contributed by atoms with Crippen LogP contribution in [0.1, 0.15) is 0 Å². The maximum atomic E-state index is 11.8. The number of benzene rings is 1. The van der Waals surface area contributed by atoms with E-state index in [-0.39, 0.29) is 11.4 Å². The summed E-state index contributed by atoms with van der Waals surface area (Å²) in [6.07, 6.45) is 0. The quantitative estimate of drug-likeness (QED) is 0.682. The molecule has 94 valence electrons. The van der Waals surface area contributed by atoms with Crippen molar-refractivity contribution in [1.29, 1.82) is 0 Å². The number of hydrogen-bond acceptors (Lipinski definition) is 4. The van der Waals surface area contributed by atoms with Crippen molar-refractivity contribution in [2.24, 2.45) is 0 Å². The lowest BCUT2D eigenvalue weighted by molar-refractivity contribution is -0.119. The number of sulfonamides is 1. The zero-order chi connectivity index (χ0) is 13.1. The van der Waals surface area contributed by atoms with Gasteiger partial charge in [-0.3, -0.25) is 4.79 Å². The van der Waals surface area contributed by atoms with E-state index in [2.05, 4.69) is 26.0 Å². The molecule has 0 bridgehead atoms. The molecule has 0 heterocycles. The van der Waals surface area contributed by atoms with Gasteiger partial charge in [0.2, 0.25) is 15.9 Å². The van der Waals surface area contributed by atoms with Gasteiger partial charge in [0.1, 0.15) is 0 Å². The first-order valence-corrected chi connectivity index (χ1v) is 6.89. The number of likely N-dealkylation sites (N-methyl/N-ethyl adjacent to an activating group) is 1. The van der Waals surface area contributed by atoms with E-state index in [0.29, 0.717) is 10.2 Å². The first-order chi connectivity index (χ1) is 7.86. The summed E-state index contributed by atoms with van der Waals surface area (Å²) in [6, 6.07) is 4.24. The lowest BCUT2D eigenvalue weighted by Crippen LogP contribution is -2.35. The minimum Gasteiger partial charge on any atom is -0.398 e. The van der Waals surface area contributed by atoms with Gasteiger partial charge >= 0.3 is 0 Å². The molecule has 0 saturated carbocycles. The number of nitrogens with one attached hydrogen (secondary N) is 2. The normalized spacial score (nSPS) is 11.2. The summed E-state index contributed by atoms with van der Waals surface area (Å²) in [7, 11) is -2.29. The van der Waals surface area contributed by atoms with Gasteiger partial charge in [0.05, 0.1) is 11.4 Å². The highest BCUT2D eigenvalue weighted by Gasteiger charge is 2.15. The molecule has 0 unspecified atom stereocenters. The van der Waals surface area contributed by atoms with Crippen LogP contribution in [0.2, 0.25) is 0 Å². The van der Waals surface area contributed by atoms with Gasteiger partial charge in [-0.25, -0.2) is 13.1 Å². The SMILES string of the molecule is CNC(=O)CNS(=O)(=O)c1ccc(Br)c(N)c1. The molecule has 0 atom stereocenters. The molecule has 8 heteroatoms. The Labute approximate surface area is 108 Å². The number of halogens is 1. The van der Waals surface area contributed by atoms with E-state index < -0.39 is 15.9 Å². The highest BCUT2D eigenvalue weighted by molar-refractivity contribution is 9.10. The number of carbonyl (C=O) groups is 1. The van der Waals surface area contributed by atoms with Crippen molar-refractivity contribution < 1.29 is 13.2 Å². The molecule has 0 radical (unpaired) electrons. The Morgan fingerprint density at radius 3 is 2.65 bits per heavy atom. The Hall–Kier alpha value is -1.12. The third-order valence-corrected chi connectivity index (χ3v) is 4.10. The number of nitrogens with two attached hydrogens (primary N) is 1. The molecular weight excluding hydrogens is 310 g/mol. The van der Waals surface area contributed by atoms with Crippen LogP contribution in [0.25, 0.3) is 0 Å². The van der Waals surface area contributed by atoms with E-state index in [1.807, 2.05) is 0 Å². The minimum atomic E-state index is -3.72. The van der Waals surface area contributed by atoms with Gasteiger partial charge in [-0.05, 0) is 34.1 Å². The van der Waals surface area contributed by atoms with Crippen molar-refractivity contribution in [1.82, 2.24) is 10.0 Å². The molecule has 0 fully saturated rings. The van der Waals surface area contributed by atoms with Crippen molar-refractivity contribution in [3.8, 4) is 0 Å². The Bertz CT molecular complexity index is 530. The smallest absolute Gasteiger partial charge is 0.241 e. The highest BCUT2D eigenvalue weighted by atomic mass is 79.9. The largest absolute Gasteiger partial charge is 0.398 e. The van der Waals surface area contributed by atoms with Crippen LogP contribution in [0.15, 0.2) is 27.6 Å². The standard InChI is InChI=1S/C9H12BrN3O3S/c1-12-9(14)5-13-17(15,16)6-2-3-7(10)8(11)4-6/h2-4,13H,5,11H2,1H3,(H,12,14). The first kappa shape index (κ1) is 13.9. The average molecular weight is 322 g/mol. The predicted molar refractivity (Wildman–Crippen MR) is 67.8 cm³/mol. The predicted octanol–water partition coefficient (Wildman–Crippen LogP) is 0.0556. The highest BCUT2D eigenvalue weighted by Crippen LogP contribution is 2.22. The summed E-state index contributed by atoms with van der Waals surface area (Å²) in [5.74, 6) is -0.418. The Morgan fingerprint density at radius 2 is 2.12 bits per heavy atom. The molecule has 0 aliphatic rings. The molecule has 0 aliphatic carbocycles. The molecule has 6 nitrogen and oxygen atoms in total. The number of carbonyl (C=O) groups excluding carboxylic acids is 1. The lowest BCUT2D eigenvalue weighted by Gasteiger charge is -2.07. The average Bonchev–Trinajstić information content (AvgIpc) is 2.29. The fraction of sp³-hybridized carbons (Fsp3) is 0.222. The number of amides is 1. The van der Waals surface area contributed by atoms with E-state index >= 15 is 0 Å². The first-order valence-electron chi connectivity index (χ1n) is 4.62. The van der Waals surface area contributed by atoms with Gasteiger partial charge < -0.3 is 11.1 Å². The lowest BCUT2D eigenvalue weighted by atomic mass is 10.3. The molecule has 0 aromatic heterocycles. The molecule has 1 rings (SSSR count). The van der Waals surface area contributed by atoms with E-state index in [1.54, 1.807) is 0 Å². The topological polar surface area (TPSA) is 101 Å². The van der Waals surface area contributed by atoms with E-state index in [9.17, 15) is 13.2 Å². The van der Waals surface area contributed by atoms with Crippen molar-refractivity contribution >= 4 is 37.5 Å². The second-order valence-electron chi connectivity index (χ2n) is 3.18. The van der Waals surface area contributed by atoms with Crippen molar-refractivity contribution in [3.63, 3.8) is 0 Å². The molecule has 0 saturated heterocycles. The third-order valence-electron chi connectivity index (χ3n) is 1.98. The van der Waals surface area contributed by atoms with Crippen molar-refractivity contribution in [2.75, 3.05) is 19.3 Å². The molecule has 0 aliphatic heterocycles. The second kappa shape index (κ2) is 5.48. The van der Waals surface area contributed by atoms with Crippen molar-refractivity contribution in [2.45, 2.75) is 4.90 Å². The zero-order valence-corrected chi connectivity index (χ0v) is 11.4. The fourth-order valence-electron chi connectivity index (χ4n) is 1.02. The molecular formula is C9H12BrN3O3S. The molecule has 0 spiro atoms. The van der Waals surface area contributed by atoms with Crippen LogP contribution in [0.5, 0.6) is 0 Å². The fourth-order valence-corrected chi connectivity index (χ4v) is 2.28. The van der Waals surface area contributed by atoms with Crippen LogP contribution in [-0.4, -0.2) is 27.9 Å². The summed E-state index contributed by atoms with van der Waals surface area (Å²) in [4.78, 5) is 11.0. The van der Waals surface area contributed by atoms with Crippen LogP contribution in [0, 0.1) is 0 Å². The van der Waals surface area contributed by atoms with Gasteiger partial charge in [0.15, 0.2) is 0 Å². The van der Waals surface area contributed by atoms with Gasteiger partial charge in [0, 0.05) is 17.2 Å². The Morgan fingerprint density at radius 1 is 1.47 bits per heavy atom. The Balaban J connectivity index is 2.90. The molecule has 1 amide bonds. The van der Waals surface area contributed by atoms with Crippen LogP contribution in [-0.2, 0) is 14.8 Å². The summed E-state index contributed by atoms with van der Waals surface area (Å²) in [6.45, 7) is -0.311. The maximum Gasteiger partial charge on any atom is 0.241 e. The number of hydrogen-bond donors (Lipinski definition) is 3. The number of anilines is 1. The van der Waals surface area contributed by atoms with E-state index in [1.165, 1.54) is 25.2 Å². The van der Waals surface area contributed by atoms with Crippen molar-refractivity contribution in [3.05, 3.63) is 22.7 Å². The van der Waals surface area contributed by atoms with Crippen LogP contribution < -0.4 is 15.8 Å². The number of rotatable bonds is 4. The second-order valence-corrected chi connectivity index (χ2v) is 5.80. The van der Waals surface area contributed by atoms with Gasteiger partial charge in [0.25, 0.3) is 0 Å². The Kier molecular flexibility index (Phi) is 4.49. The van der Waals surface area contributed by atoms with Crippen LogP contribution in [0.3, 0.4) is 0 Å².